The van der Waals surface area contributed by atoms with E-state index in [0.717, 1.165) is 24.3 Å². The normalized spacial score (nSPS) is 10.2. The van der Waals surface area contributed by atoms with E-state index in [0.29, 0.717) is 4.99 Å². The summed E-state index contributed by atoms with van der Waals surface area (Å²) in [5.74, 6) is 0.804. The van der Waals surface area contributed by atoms with Gasteiger partial charge in [0.25, 0.3) is 0 Å². The molecule has 0 atom stereocenters. The largest absolute Gasteiger partial charge is 0.389 e. The Morgan fingerprint density at radius 1 is 1.32 bits per heavy atom. The van der Waals surface area contributed by atoms with Crippen LogP contribution in [0.15, 0.2) is 42.6 Å². The average molecular weight is 271 g/mol. The lowest BCUT2D eigenvalue weighted by Crippen LogP contribution is -2.11. The van der Waals surface area contributed by atoms with Crippen LogP contribution in [0.2, 0.25) is 0 Å². The highest BCUT2D eigenvalue weighted by Crippen LogP contribution is 2.08. The standard InChI is InChI=1S/C15H17N3S/c1-11-3-2-4-12(9-11)5-7-17-14-10-13(15(16)19)6-8-18-14/h2-4,6,8-10H,5,7H2,1H3,(H2,16,19)(H,17,18). The molecule has 4 heteroatoms. The summed E-state index contributed by atoms with van der Waals surface area (Å²) in [6.07, 6.45) is 2.67. The maximum absolute atomic E-state index is 5.59. The topological polar surface area (TPSA) is 50.9 Å². The van der Waals surface area contributed by atoms with E-state index >= 15 is 0 Å². The molecule has 19 heavy (non-hydrogen) atoms. The maximum Gasteiger partial charge on any atom is 0.126 e. The molecule has 2 rings (SSSR count). The van der Waals surface area contributed by atoms with Gasteiger partial charge >= 0.3 is 0 Å². The Labute approximate surface area is 118 Å². The molecule has 0 radical (unpaired) electrons. The fourth-order valence-electron chi connectivity index (χ4n) is 1.88. The highest BCUT2D eigenvalue weighted by molar-refractivity contribution is 7.80. The van der Waals surface area contributed by atoms with Crippen molar-refractivity contribution in [3.05, 3.63) is 59.3 Å². The first-order valence-corrected chi connectivity index (χ1v) is 6.61. The molecule has 3 N–H and O–H groups in total. The molecule has 0 saturated carbocycles. The SMILES string of the molecule is Cc1cccc(CCNc2cc(C(N)=S)ccn2)c1. The van der Waals surface area contributed by atoms with E-state index in [-0.39, 0.29) is 0 Å². The van der Waals surface area contributed by atoms with Crippen molar-refractivity contribution in [1.82, 2.24) is 4.98 Å². The number of benzene rings is 1. The highest BCUT2D eigenvalue weighted by atomic mass is 32.1. The van der Waals surface area contributed by atoms with Crippen molar-refractivity contribution in [3.63, 3.8) is 0 Å². The van der Waals surface area contributed by atoms with Crippen molar-refractivity contribution in [2.45, 2.75) is 13.3 Å². The van der Waals surface area contributed by atoms with Crippen molar-refractivity contribution in [2.75, 3.05) is 11.9 Å². The molecule has 0 aliphatic heterocycles. The van der Waals surface area contributed by atoms with Gasteiger partial charge in [0.1, 0.15) is 10.8 Å². The molecule has 1 aromatic carbocycles. The minimum atomic E-state index is 0.393. The molecule has 1 heterocycles. The van der Waals surface area contributed by atoms with Crippen molar-refractivity contribution in [3.8, 4) is 0 Å². The Morgan fingerprint density at radius 3 is 2.89 bits per heavy atom. The number of aryl methyl sites for hydroxylation is 1. The molecule has 2 aromatic rings. The predicted octanol–water partition coefficient (Wildman–Crippen LogP) is 2.68. The lowest BCUT2D eigenvalue weighted by atomic mass is 10.1. The molecule has 98 valence electrons. The molecule has 0 bridgehead atoms. The number of anilines is 1. The van der Waals surface area contributed by atoms with E-state index in [4.69, 9.17) is 18.0 Å². The van der Waals surface area contributed by atoms with Crippen molar-refractivity contribution < 1.29 is 0 Å². The monoisotopic (exact) mass is 271 g/mol. The van der Waals surface area contributed by atoms with Gasteiger partial charge in [0.15, 0.2) is 0 Å². The Balaban J connectivity index is 1.92. The molecule has 0 fully saturated rings. The molecule has 0 spiro atoms. The van der Waals surface area contributed by atoms with Crippen LogP contribution < -0.4 is 11.1 Å². The fourth-order valence-corrected chi connectivity index (χ4v) is 2.01. The van der Waals surface area contributed by atoms with Gasteiger partial charge in [-0.05, 0) is 31.0 Å². The molecule has 0 aliphatic carbocycles. The van der Waals surface area contributed by atoms with Gasteiger partial charge in [0.2, 0.25) is 0 Å². The summed E-state index contributed by atoms with van der Waals surface area (Å²) in [5.41, 5.74) is 9.03. The van der Waals surface area contributed by atoms with E-state index in [1.165, 1.54) is 11.1 Å². The van der Waals surface area contributed by atoms with E-state index in [1.807, 2.05) is 12.1 Å². The zero-order valence-corrected chi connectivity index (χ0v) is 11.7. The predicted molar refractivity (Wildman–Crippen MR) is 83.5 cm³/mol. The minimum absolute atomic E-state index is 0.393. The van der Waals surface area contributed by atoms with Crippen LogP contribution in [-0.4, -0.2) is 16.5 Å². The van der Waals surface area contributed by atoms with Crippen molar-refractivity contribution >= 4 is 23.0 Å². The second-order valence-corrected chi connectivity index (χ2v) is 4.90. The van der Waals surface area contributed by atoms with Crippen LogP contribution in [0.5, 0.6) is 0 Å². The van der Waals surface area contributed by atoms with Gasteiger partial charge < -0.3 is 11.1 Å². The fraction of sp³-hybridized carbons (Fsp3) is 0.200. The van der Waals surface area contributed by atoms with Crippen LogP contribution >= 0.6 is 12.2 Å². The van der Waals surface area contributed by atoms with Gasteiger partial charge in [0, 0.05) is 18.3 Å². The molecule has 0 amide bonds. The number of nitrogens with two attached hydrogens (primary N) is 1. The number of hydrogen-bond acceptors (Lipinski definition) is 3. The van der Waals surface area contributed by atoms with E-state index in [1.54, 1.807) is 6.20 Å². The second kappa shape index (κ2) is 6.29. The van der Waals surface area contributed by atoms with Gasteiger partial charge in [-0.25, -0.2) is 4.98 Å². The molecule has 3 nitrogen and oxygen atoms in total. The Kier molecular flexibility index (Phi) is 4.47. The third-order valence-electron chi connectivity index (χ3n) is 2.85. The van der Waals surface area contributed by atoms with Gasteiger partial charge in [-0.15, -0.1) is 0 Å². The number of aromatic nitrogens is 1. The lowest BCUT2D eigenvalue weighted by Gasteiger charge is -2.07. The Hall–Kier alpha value is -1.94. The first-order chi connectivity index (χ1) is 9.15. The number of nitrogens with zero attached hydrogens (tertiary/aromatic N) is 1. The molecule has 1 aromatic heterocycles. The van der Waals surface area contributed by atoms with Gasteiger partial charge in [0.05, 0.1) is 0 Å². The van der Waals surface area contributed by atoms with E-state index in [9.17, 15) is 0 Å². The van der Waals surface area contributed by atoms with Gasteiger partial charge in [-0.2, -0.15) is 0 Å². The maximum atomic E-state index is 5.59. The highest BCUT2D eigenvalue weighted by Gasteiger charge is 1.99. The van der Waals surface area contributed by atoms with Crippen LogP contribution in [0, 0.1) is 6.92 Å². The Bertz CT molecular complexity index is 581. The van der Waals surface area contributed by atoms with Crippen LogP contribution in [-0.2, 0) is 6.42 Å². The molecule has 0 unspecified atom stereocenters. The molecular weight excluding hydrogens is 254 g/mol. The smallest absolute Gasteiger partial charge is 0.126 e. The molecular formula is C15H17N3S. The van der Waals surface area contributed by atoms with Gasteiger partial charge in [-0.3, -0.25) is 0 Å². The molecule has 0 saturated heterocycles. The summed E-state index contributed by atoms with van der Waals surface area (Å²) >= 11 is 4.95. The minimum Gasteiger partial charge on any atom is -0.389 e. The summed E-state index contributed by atoms with van der Waals surface area (Å²) in [5, 5.41) is 3.28. The lowest BCUT2D eigenvalue weighted by molar-refractivity contribution is 1.00. The number of rotatable bonds is 5. The van der Waals surface area contributed by atoms with Crippen LogP contribution in [0.3, 0.4) is 0 Å². The van der Waals surface area contributed by atoms with Crippen LogP contribution in [0.25, 0.3) is 0 Å². The summed E-state index contributed by atoms with van der Waals surface area (Å²) in [7, 11) is 0. The number of nitrogens with one attached hydrogen (secondary N) is 1. The Morgan fingerprint density at radius 2 is 2.16 bits per heavy atom. The average Bonchev–Trinajstić information content (AvgIpc) is 2.39. The number of hydrogen-bond donors (Lipinski definition) is 2. The first-order valence-electron chi connectivity index (χ1n) is 6.20. The summed E-state index contributed by atoms with van der Waals surface area (Å²) in [6.45, 7) is 2.93. The zero-order valence-electron chi connectivity index (χ0n) is 10.9. The summed E-state index contributed by atoms with van der Waals surface area (Å²) < 4.78 is 0. The van der Waals surface area contributed by atoms with E-state index < -0.39 is 0 Å². The second-order valence-electron chi connectivity index (χ2n) is 4.46. The third kappa shape index (κ3) is 4.03. The number of thiocarbonyl (C=S) groups is 1. The number of pyridine rings is 1. The van der Waals surface area contributed by atoms with Gasteiger partial charge in [-0.1, -0.05) is 42.0 Å². The summed E-state index contributed by atoms with van der Waals surface area (Å²) in [4.78, 5) is 4.64. The quantitative estimate of drug-likeness (QED) is 0.821. The first kappa shape index (κ1) is 13.5. The van der Waals surface area contributed by atoms with Crippen molar-refractivity contribution in [2.24, 2.45) is 5.73 Å². The summed E-state index contributed by atoms with van der Waals surface area (Å²) in [6, 6.07) is 12.2. The third-order valence-corrected chi connectivity index (χ3v) is 3.08. The van der Waals surface area contributed by atoms with Crippen LogP contribution in [0.1, 0.15) is 16.7 Å². The van der Waals surface area contributed by atoms with E-state index in [2.05, 4.69) is 41.5 Å². The van der Waals surface area contributed by atoms with Crippen molar-refractivity contribution in [1.29, 1.82) is 0 Å². The van der Waals surface area contributed by atoms with Crippen LogP contribution in [0.4, 0.5) is 5.82 Å². The molecule has 0 aliphatic rings. The zero-order chi connectivity index (χ0) is 13.7.